The van der Waals surface area contributed by atoms with Crippen LogP contribution in [0.4, 0.5) is 5.69 Å². The van der Waals surface area contributed by atoms with Crippen molar-refractivity contribution in [3.8, 4) is 11.4 Å². The number of hydrogen-bond acceptors (Lipinski definition) is 7. The van der Waals surface area contributed by atoms with Gasteiger partial charge in [0.15, 0.2) is 0 Å². The molecule has 4 aromatic rings. The van der Waals surface area contributed by atoms with E-state index >= 15 is 0 Å². The second kappa shape index (κ2) is 14.0. The number of aromatic nitrogens is 3. The average molecular weight is 582 g/mol. The van der Waals surface area contributed by atoms with Gasteiger partial charge < -0.3 is 19.9 Å². The zero-order chi connectivity index (χ0) is 29.4. The Labute approximate surface area is 254 Å². The van der Waals surface area contributed by atoms with Crippen LogP contribution in [-0.4, -0.2) is 89.9 Å². The topological polar surface area (TPSA) is 78.8 Å². The number of nitrogens with zero attached hydrogens (tertiary/aromatic N) is 6. The minimum Gasteiger partial charge on any atom is -0.494 e. The van der Waals surface area contributed by atoms with E-state index in [0.717, 1.165) is 86.0 Å². The molecule has 2 aromatic heterocycles. The molecule has 1 N–H and O–H groups in total. The molecule has 2 saturated heterocycles. The Morgan fingerprint density at radius 1 is 0.907 bits per heavy atom. The molecule has 2 aliphatic heterocycles. The molecule has 4 heterocycles. The number of likely N-dealkylation sites (tertiary alicyclic amines) is 1. The van der Waals surface area contributed by atoms with Gasteiger partial charge in [0.25, 0.3) is 0 Å². The van der Waals surface area contributed by atoms with E-state index in [1.807, 2.05) is 47.4 Å². The molecular weight excluding hydrogens is 538 g/mol. The van der Waals surface area contributed by atoms with Crippen LogP contribution in [0.25, 0.3) is 16.6 Å². The van der Waals surface area contributed by atoms with E-state index < -0.39 is 0 Å². The molecule has 6 rings (SSSR count). The summed E-state index contributed by atoms with van der Waals surface area (Å²) in [7, 11) is 1.72. The van der Waals surface area contributed by atoms with Crippen molar-refractivity contribution >= 4 is 22.5 Å². The third-order valence-corrected chi connectivity index (χ3v) is 8.77. The molecule has 1 unspecified atom stereocenters. The van der Waals surface area contributed by atoms with Crippen molar-refractivity contribution in [2.24, 2.45) is 0 Å². The van der Waals surface area contributed by atoms with Gasteiger partial charge in [0.2, 0.25) is 5.91 Å². The monoisotopic (exact) mass is 581 g/mol. The van der Waals surface area contributed by atoms with Gasteiger partial charge >= 0.3 is 0 Å². The summed E-state index contributed by atoms with van der Waals surface area (Å²) < 4.78 is 7.72. The molecule has 0 radical (unpaired) electrons. The second-order valence-corrected chi connectivity index (χ2v) is 11.6. The number of carbonyl (C=O) groups excluding carboxylic acids is 1. The van der Waals surface area contributed by atoms with Crippen LogP contribution < -0.4 is 15.0 Å². The molecule has 0 saturated carbocycles. The van der Waals surface area contributed by atoms with Crippen LogP contribution in [0.1, 0.15) is 43.8 Å². The highest BCUT2D eigenvalue weighted by Crippen LogP contribution is 2.36. The predicted octanol–water partition coefficient (Wildman–Crippen LogP) is 4.67. The van der Waals surface area contributed by atoms with Gasteiger partial charge in [-0.15, -0.1) is 0 Å². The molecule has 1 atom stereocenters. The van der Waals surface area contributed by atoms with Gasteiger partial charge in [0, 0.05) is 63.5 Å². The number of piperidine rings is 1. The van der Waals surface area contributed by atoms with Crippen molar-refractivity contribution in [1.29, 1.82) is 0 Å². The van der Waals surface area contributed by atoms with E-state index in [1.165, 1.54) is 19.3 Å². The van der Waals surface area contributed by atoms with E-state index in [9.17, 15) is 4.79 Å². The maximum absolute atomic E-state index is 13.4. The van der Waals surface area contributed by atoms with Crippen LogP contribution in [0.15, 0.2) is 73.1 Å². The van der Waals surface area contributed by atoms with Crippen LogP contribution >= 0.6 is 0 Å². The third-order valence-electron chi connectivity index (χ3n) is 8.77. The smallest absolute Gasteiger partial charge is 0.222 e. The lowest BCUT2D eigenvalue weighted by atomic mass is 10.1. The average Bonchev–Trinajstić information content (AvgIpc) is 3.42. The standard InChI is InChI=1S/C34H43N7O2/c1-43-31-14-13-27-10-8-16-36-33(27)34(31)40-21-9-20-39(24-25-40)30(26-32(42)35-17-23-38-18-6-3-7-19-38)29-15-22-41(37-29)28-11-4-2-5-12-28/h2,4-5,8,10-16,22,30H,3,6-7,9,17-21,23-26H2,1H3,(H,35,42). The van der Waals surface area contributed by atoms with Gasteiger partial charge in [-0.2, -0.15) is 5.10 Å². The maximum atomic E-state index is 13.4. The van der Waals surface area contributed by atoms with E-state index in [1.54, 1.807) is 7.11 Å². The summed E-state index contributed by atoms with van der Waals surface area (Å²) in [5.41, 5.74) is 3.94. The number of ether oxygens (including phenoxy) is 1. The Balaban J connectivity index is 1.20. The van der Waals surface area contributed by atoms with Gasteiger partial charge in [-0.1, -0.05) is 30.7 Å². The molecule has 2 fully saturated rings. The number of nitrogens with one attached hydrogen (secondary N) is 1. The minimum absolute atomic E-state index is 0.0808. The van der Waals surface area contributed by atoms with Gasteiger partial charge in [0.05, 0.1) is 30.0 Å². The summed E-state index contributed by atoms with van der Waals surface area (Å²) in [6.45, 7) is 7.24. The number of pyridine rings is 1. The number of carbonyl (C=O) groups is 1. The van der Waals surface area contributed by atoms with Crippen LogP contribution in [0, 0.1) is 0 Å². The normalized spacial score (nSPS) is 17.5. The van der Waals surface area contributed by atoms with E-state index in [2.05, 4.69) is 50.3 Å². The highest BCUT2D eigenvalue weighted by Gasteiger charge is 2.29. The van der Waals surface area contributed by atoms with Crippen molar-refractivity contribution in [3.63, 3.8) is 0 Å². The summed E-state index contributed by atoms with van der Waals surface area (Å²) in [6, 6.07) is 20.3. The highest BCUT2D eigenvalue weighted by molar-refractivity contribution is 5.94. The maximum Gasteiger partial charge on any atom is 0.222 e. The zero-order valence-electron chi connectivity index (χ0n) is 25.2. The lowest BCUT2D eigenvalue weighted by Crippen LogP contribution is -2.40. The van der Waals surface area contributed by atoms with E-state index in [-0.39, 0.29) is 11.9 Å². The fourth-order valence-corrected chi connectivity index (χ4v) is 6.50. The Kier molecular flexibility index (Phi) is 9.50. The first-order valence-corrected chi connectivity index (χ1v) is 15.7. The second-order valence-electron chi connectivity index (χ2n) is 11.6. The fraction of sp³-hybridized carbons (Fsp3) is 0.441. The molecule has 226 valence electrons. The first-order valence-electron chi connectivity index (χ1n) is 15.7. The number of para-hydroxylation sites is 1. The van der Waals surface area contributed by atoms with Crippen molar-refractivity contribution < 1.29 is 9.53 Å². The summed E-state index contributed by atoms with van der Waals surface area (Å²) >= 11 is 0. The number of methoxy groups -OCH3 is 1. The molecule has 9 heteroatoms. The fourth-order valence-electron chi connectivity index (χ4n) is 6.50. The molecule has 1 amide bonds. The van der Waals surface area contributed by atoms with Crippen LogP contribution in [0.5, 0.6) is 5.75 Å². The van der Waals surface area contributed by atoms with E-state index in [4.69, 9.17) is 14.8 Å². The molecule has 2 aliphatic rings. The third kappa shape index (κ3) is 7.00. The van der Waals surface area contributed by atoms with Crippen LogP contribution in [0.2, 0.25) is 0 Å². The molecule has 43 heavy (non-hydrogen) atoms. The van der Waals surface area contributed by atoms with Gasteiger partial charge in [-0.3, -0.25) is 14.7 Å². The van der Waals surface area contributed by atoms with Gasteiger partial charge in [-0.25, -0.2) is 4.68 Å². The molecule has 0 aliphatic carbocycles. The number of amides is 1. The Bertz CT molecular complexity index is 1480. The highest BCUT2D eigenvalue weighted by atomic mass is 16.5. The lowest BCUT2D eigenvalue weighted by Gasteiger charge is -2.30. The van der Waals surface area contributed by atoms with Crippen LogP contribution in [0.3, 0.4) is 0 Å². The van der Waals surface area contributed by atoms with Crippen molar-refractivity contribution in [1.82, 2.24) is 29.9 Å². The minimum atomic E-state index is -0.118. The largest absolute Gasteiger partial charge is 0.494 e. The number of hydrogen-bond donors (Lipinski definition) is 1. The Morgan fingerprint density at radius 2 is 1.77 bits per heavy atom. The Hall–Kier alpha value is -3.95. The SMILES string of the molecule is COc1ccc2cccnc2c1N1CCCN(C(CC(=O)NCCN2CCCCC2)c2ccn(-c3ccccc3)n2)CC1. The number of anilines is 1. The summed E-state index contributed by atoms with van der Waals surface area (Å²) in [4.78, 5) is 25.4. The van der Waals surface area contributed by atoms with Crippen molar-refractivity contribution in [2.45, 2.75) is 38.1 Å². The molecule has 0 bridgehead atoms. The van der Waals surface area contributed by atoms with Crippen molar-refractivity contribution in [3.05, 3.63) is 78.8 Å². The first kappa shape index (κ1) is 29.1. The Morgan fingerprint density at radius 3 is 2.60 bits per heavy atom. The first-order chi connectivity index (χ1) is 21.2. The number of benzene rings is 2. The van der Waals surface area contributed by atoms with Gasteiger partial charge in [0.1, 0.15) is 11.4 Å². The molecular formula is C34H43N7O2. The number of rotatable bonds is 10. The number of fused-ring (bicyclic) bond motifs is 1. The van der Waals surface area contributed by atoms with Crippen molar-refractivity contribution in [2.75, 3.05) is 64.4 Å². The molecule has 0 spiro atoms. The zero-order valence-corrected chi connectivity index (χ0v) is 25.2. The summed E-state index contributed by atoms with van der Waals surface area (Å²) in [5.74, 6) is 0.920. The predicted molar refractivity (Wildman–Crippen MR) is 171 cm³/mol. The van der Waals surface area contributed by atoms with Gasteiger partial charge in [-0.05, 0) is 68.8 Å². The summed E-state index contributed by atoms with van der Waals surface area (Å²) in [6.07, 6.45) is 9.02. The van der Waals surface area contributed by atoms with E-state index in [0.29, 0.717) is 13.0 Å². The van der Waals surface area contributed by atoms with Crippen LogP contribution in [-0.2, 0) is 4.79 Å². The quantitative estimate of drug-likeness (QED) is 0.292. The molecule has 9 nitrogen and oxygen atoms in total. The molecule has 2 aromatic carbocycles. The lowest BCUT2D eigenvalue weighted by molar-refractivity contribution is -0.122. The summed E-state index contributed by atoms with van der Waals surface area (Å²) in [5, 5.41) is 9.30.